The summed E-state index contributed by atoms with van der Waals surface area (Å²) in [6, 6.07) is 10.5. The molecule has 4 rings (SSSR count). The van der Waals surface area contributed by atoms with Crippen LogP contribution >= 0.6 is 0 Å². The Bertz CT molecular complexity index is 851. The summed E-state index contributed by atoms with van der Waals surface area (Å²) in [5, 5.41) is 5.43. The third kappa shape index (κ3) is 2.03. The Morgan fingerprint density at radius 1 is 1.23 bits per heavy atom. The van der Waals surface area contributed by atoms with Crippen molar-refractivity contribution < 1.29 is 9.18 Å². The summed E-state index contributed by atoms with van der Waals surface area (Å²) in [6.07, 6.45) is 5.80. The van der Waals surface area contributed by atoms with Crippen molar-refractivity contribution in [3.05, 3.63) is 59.5 Å². The van der Waals surface area contributed by atoms with E-state index in [4.69, 9.17) is 0 Å². The monoisotopic (exact) mass is 294 g/mol. The van der Waals surface area contributed by atoms with Gasteiger partial charge in [0.25, 0.3) is 0 Å². The lowest BCUT2D eigenvalue weighted by Gasteiger charge is -2.21. The van der Waals surface area contributed by atoms with Gasteiger partial charge < -0.3 is 4.79 Å². The molecule has 1 aromatic heterocycles. The molecule has 110 valence electrons. The SMILES string of the molecule is O=CC1CCCc2cc3c(cnn3-c3ccc(F)cc3)cc21. The van der Waals surface area contributed by atoms with Crippen LogP contribution < -0.4 is 0 Å². The van der Waals surface area contributed by atoms with E-state index in [1.807, 2.05) is 4.68 Å². The van der Waals surface area contributed by atoms with Crippen LogP contribution in [0.25, 0.3) is 16.6 Å². The first-order valence-electron chi connectivity index (χ1n) is 7.48. The Morgan fingerprint density at radius 2 is 2.05 bits per heavy atom. The van der Waals surface area contributed by atoms with Crippen LogP contribution in [0.1, 0.15) is 29.9 Å². The van der Waals surface area contributed by atoms with Gasteiger partial charge in [-0.1, -0.05) is 0 Å². The van der Waals surface area contributed by atoms with Crippen LogP contribution in [0, 0.1) is 5.82 Å². The van der Waals surface area contributed by atoms with Gasteiger partial charge >= 0.3 is 0 Å². The smallest absolute Gasteiger partial charge is 0.127 e. The average Bonchev–Trinajstić information content (AvgIpc) is 2.96. The fourth-order valence-electron chi connectivity index (χ4n) is 3.29. The van der Waals surface area contributed by atoms with Gasteiger partial charge in [0.2, 0.25) is 0 Å². The average molecular weight is 294 g/mol. The molecule has 4 heteroatoms. The highest BCUT2D eigenvalue weighted by Gasteiger charge is 2.21. The Labute approximate surface area is 127 Å². The predicted molar refractivity (Wildman–Crippen MR) is 82.8 cm³/mol. The number of rotatable bonds is 2. The molecule has 3 nitrogen and oxygen atoms in total. The van der Waals surface area contributed by atoms with Crippen LogP contribution in [0.15, 0.2) is 42.6 Å². The molecule has 0 aliphatic heterocycles. The van der Waals surface area contributed by atoms with Crippen LogP contribution in [0.5, 0.6) is 0 Å². The lowest BCUT2D eigenvalue weighted by atomic mass is 9.83. The first kappa shape index (κ1) is 13.2. The number of hydrogen-bond acceptors (Lipinski definition) is 2. The summed E-state index contributed by atoms with van der Waals surface area (Å²) >= 11 is 0. The molecular weight excluding hydrogens is 279 g/mol. The highest BCUT2D eigenvalue weighted by Crippen LogP contribution is 2.33. The molecule has 1 aliphatic carbocycles. The topological polar surface area (TPSA) is 34.9 Å². The Balaban J connectivity index is 1.89. The molecule has 0 N–H and O–H groups in total. The summed E-state index contributed by atoms with van der Waals surface area (Å²) in [5.74, 6) is -0.256. The summed E-state index contributed by atoms with van der Waals surface area (Å²) in [4.78, 5) is 11.3. The number of nitrogens with zero attached hydrogens (tertiary/aromatic N) is 2. The Hall–Kier alpha value is -2.49. The van der Waals surface area contributed by atoms with Gasteiger partial charge in [-0.15, -0.1) is 0 Å². The van der Waals surface area contributed by atoms with E-state index in [2.05, 4.69) is 17.2 Å². The largest absolute Gasteiger partial charge is 0.303 e. The van der Waals surface area contributed by atoms with E-state index in [0.29, 0.717) is 0 Å². The fourth-order valence-corrected chi connectivity index (χ4v) is 3.29. The number of aryl methyl sites for hydroxylation is 1. The fraction of sp³-hybridized carbons (Fsp3) is 0.222. The van der Waals surface area contributed by atoms with E-state index >= 15 is 0 Å². The van der Waals surface area contributed by atoms with Crippen molar-refractivity contribution in [2.24, 2.45) is 0 Å². The molecular formula is C18H15FN2O. The molecule has 0 amide bonds. The molecule has 0 saturated heterocycles. The number of aldehydes is 1. The predicted octanol–water partition coefficient (Wildman–Crippen LogP) is 3.78. The van der Waals surface area contributed by atoms with Crippen LogP contribution in [-0.4, -0.2) is 16.1 Å². The number of carbonyl (C=O) groups is 1. The number of benzene rings is 2. The van der Waals surface area contributed by atoms with Crippen molar-refractivity contribution in [1.82, 2.24) is 9.78 Å². The van der Waals surface area contributed by atoms with Gasteiger partial charge in [0.05, 0.1) is 17.4 Å². The minimum atomic E-state index is -0.258. The second-order valence-electron chi connectivity index (χ2n) is 5.78. The summed E-state index contributed by atoms with van der Waals surface area (Å²) in [5.41, 5.74) is 4.18. The summed E-state index contributed by atoms with van der Waals surface area (Å²) in [7, 11) is 0. The van der Waals surface area contributed by atoms with Gasteiger partial charge in [-0.3, -0.25) is 0 Å². The van der Waals surface area contributed by atoms with E-state index in [-0.39, 0.29) is 11.7 Å². The maximum absolute atomic E-state index is 13.1. The Kier molecular flexibility index (Phi) is 3.03. The zero-order valence-corrected chi connectivity index (χ0v) is 12.0. The molecule has 1 aliphatic rings. The maximum atomic E-state index is 13.1. The van der Waals surface area contributed by atoms with Crippen LogP contribution in [0.4, 0.5) is 4.39 Å². The van der Waals surface area contributed by atoms with E-state index in [1.165, 1.54) is 17.7 Å². The Morgan fingerprint density at radius 3 is 2.82 bits per heavy atom. The molecule has 1 atom stereocenters. The molecule has 0 fully saturated rings. The van der Waals surface area contributed by atoms with Crippen molar-refractivity contribution in [2.45, 2.75) is 25.2 Å². The molecule has 1 heterocycles. The quantitative estimate of drug-likeness (QED) is 0.674. The number of hydrogen-bond donors (Lipinski definition) is 0. The van der Waals surface area contributed by atoms with Gasteiger partial charge in [-0.25, -0.2) is 9.07 Å². The van der Waals surface area contributed by atoms with Gasteiger partial charge in [0.1, 0.15) is 12.1 Å². The second kappa shape index (κ2) is 5.05. The van der Waals surface area contributed by atoms with Gasteiger partial charge in [-0.05, 0) is 66.8 Å². The summed E-state index contributed by atoms with van der Waals surface area (Å²) in [6.45, 7) is 0. The van der Waals surface area contributed by atoms with E-state index < -0.39 is 0 Å². The van der Waals surface area contributed by atoms with E-state index in [1.54, 1.807) is 18.3 Å². The van der Waals surface area contributed by atoms with Crippen molar-refractivity contribution in [2.75, 3.05) is 0 Å². The van der Waals surface area contributed by atoms with Crippen LogP contribution in [0.2, 0.25) is 0 Å². The lowest BCUT2D eigenvalue weighted by molar-refractivity contribution is -0.109. The van der Waals surface area contributed by atoms with Gasteiger partial charge in [0, 0.05) is 11.3 Å². The minimum absolute atomic E-state index is 0.00215. The molecule has 0 spiro atoms. The van der Waals surface area contributed by atoms with E-state index in [9.17, 15) is 9.18 Å². The third-order valence-corrected chi connectivity index (χ3v) is 4.43. The normalized spacial score (nSPS) is 17.4. The molecule has 0 saturated carbocycles. The van der Waals surface area contributed by atoms with Crippen molar-refractivity contribution in [3.8, 4) is 5.69 Å². The molecule has 0 radical (unpaired) electrons. The first-order valence-corrected chi connectivity index (χ1v) is 7.48. The van der Waals surface area contributed by atoms with Crippen LogP contribution in [-0.2, 0) is 11.2 Å². The van der Waals surface area contributed by atoms with Crippen molar-refractivity contribution in [1.29, 1.82) is 0 Å². The standard InChI is InChI=1S/C18H15FN2O/c19-15-4-6-16(7-5-15)21-18-9-12-2-1-3-13(11-22)17(12)8-14(18)10-20-21/h4-11,13H,1-3H2. The molecule has 2 aromatic carbocycles. The maximum Gasteiger partial charge on any atom is 0.127 e. The van der Waals surface area contributed by atoms with Gasteiger partial charge in [-0.2, -0.15) is 5.10 Å². The van der Waals surface area contributed by atoms with Crippen LogP contribution in [0.3, 0.4) is 0 Å². The number of fused-ring (bicyclic) bond motifs is 2. The number of carbonyl (C=O) groups excluding carboxylic acids is 1. The highest BCUT2D eigenvalue weighted by molar-refractivity contribution is 5.83. The van der Waals surface area contributed by atoms with Gasteiger partial charge in [0.15, 0.2) is 0 Å². The molecule has 1 unspecified atom stereocenters. The lowest BCUT2D eigenvalue weighted by Crippen LogP contribution is -2.11. The van der Waals surface area contributed by atoms with Crippen molar-refractivity contribution >= 4 is 17.2 Å². The molecule has 0 bridgehead atoms. The first-order chi connectivity index (χ1) is 10.8. The zero-order valence-electron chi connectivity index (χ0n) is 12.0. The second-order valence-corrected chi connectivity index (χ2v) is 5.78. The molecule has 3 aromatic rings. The third-order valence-electron chi connectivity index (χ3n) is 4.43. The molecule has 22 heavy (non-hydrogen) atoms. The zero-order chi connectivity index (χ0) is 15.1. The minimum Gasteiger partial charge on any atom is -0.303 e. The highest BCUT2D eigenvalue weighted by atomic mass is 19.1. The number of aromatic nitrogens is 2. The summed E-state index contributed by atoms with van der Waals surface area (Å²) < 4.78 is 14.9. The van der Waals surface area contributed by atoms with Crippen molar-refractivity contribution in [3.63, 3.8) is 0 Å². The number of halogens is 1. The van der Waals surface area contributed by atoms with E-state index in [0.717, 1.165) is 47.7 Å².